The molecule has 0 bridgehead atoms. The quantitative estimate of drug-likeness (QED) is 0.659. The summed E-state index contributed by atoms with van der Waals surface area (Å²) in [6, 6.07) is 7.34. The molecule has 23 heavy (non-hydrogen) atoms. The third kappa shape index (κ3) is 2.62. The Kier molecular flexibility index (Phi) is 3.40. The van der Waals surface area contributed by atoms with Crippen LogP contribution in [0.1, 0.15) is 46.1 Å². The largest absolute Gasteiger partial charge is 0.448 e. The second-order valence-electron chi connectivity index (χ2n) is 5.44. The van der Waals surface area contributed by atoms with Crippen molar-refractivity contribution >= 4 is 38.9 Å². The Morgan fingerprint density at radius 1 is 1.43 bits per heavy atom. The zero-order chi connectivity index (χ0) is 16.0. The van der Waals surface area contributed by atoms with Crippen molar-refractivity contribution in [2.45, 2.75) is 24.7 Å². The minimum Gasteiger partial charge on any atom is -0.448 e. The summed E-state index contributed by atoms with van der Waals surface area (Å²) in [5.41, 5.74) is 0.875. The van der Waals surface area contributed by atoms with Crippen LogP contribution in [0, 0.1) is 11.3 Å². The number of halogens is 1. The lowest BCUT2D eigenvalue weighted by Gasteiger charge is -2.00. The van der Waals surface area contributed by atoms with E-state index in [1.54, 1.807) is 12.1 Å². The van der Waals surface area contributed by atoms with Gasteiger partial charge in [-0.25, -0.2) is 9.97 Å². The number of carbonyl (C=O) groups excluding carboxylic acids is 1. The van der Waals surface area contributed by atoms with Crippen molar-refractivity contribution in [2.24, 2.45) is 0 Å². The summed E-state index contributed by atoms with van der Waals surface area (Å²) in [6.07, 6.45) is 3.41. The molecule has 1 aromatic carbocycles. The van der Waals surface area contributed by atoms with E-state index in [2.05, 4.69) is 9.97 Å². The van der Waals surface area contributed by atoms with Crippen LogP contribution in [0.3, 0.4) is 0 Å². The highest BCUT2D eigenvalue weighted by Crippen LogP contribution is 2.39. The van der Waals surface area contributed by atoms with Gasteiger partial charge in [-0.2, -0.15) is 5.26 Å². The number of oxazole rings is 1. The summed E-state index contributed by atoms with van der Waals surface area (Å²) in [6.45, 7) is 0. The van der Waals surface area contributed by atoms with Gasteiger partial charge in [0.2, 0.25) is 5.78 Å². The predicted molar refractivity (Wildman–Crippen MR) is 85.8 cm³/mol. The molecule has 1 saturated carbocycles. The van der Waals surface area contributed by atoms with Crippen LogP contribution in [-0.2, 0) is 0 Å². The van der Waals surface area contributed by atoms with Crippen LogP contribution >= 0.6 is 22.9 Å². The topological polar surface area (TPSA) is 79.8 Å². The average Bonchev–Trinajstić information content (AvgIpc) is 3.12. The van der Waals surface area contributed by atoms with Crippen molar-refractivity contribution in [1.82, 2.24) is 9.97 Å². The monoisotopic (exact) mass is 343 g/mol. The van der Waals surface area contributed by atoms with Gasteiger partial charge in [-0.15, -0.1) is 11.3 Å². The predicted octanol–water partition coefficient (Wildman–Crippen LogP) is 4.31. The van der Waals surface area contributed by atoms with Gasteiger partial charge < -0.3 is 4.42 Å². The third-order valence-electron chi connectivity index (χ3n) is 3.71. The number of thiazole rings is 1. The first kappa shape index (κ1) is 14.4. The first-order valence-corrected chi connectivity index (χ1v) is 8.30. The maximum Gasteiger partial charge on any atom is 0.208 e. The van der Waals surface area contributed by atoms with Crippen molar-refractivity contribution in [3.63, 3.8) is 0 Å². The summed E-state index contributed by atoms with van der Waals surface area (Å²) >= 11 is 7.26. The van der Waals surface area contributed by atoms with Gasteiger partial charge in [0, 0.05) is 10.9 Å². The number of ketones is 1. The molecule has 0 saturated heterocycles. The fourth-order valence-electron chi connectivity index (χ4n) is 2.33. The minimum absolute atomic E-state index is 0.190. The zero-order valence-corrected chi connectivity index (χ0v) is 13.4. The number of nitriles is 1. The number of aromatic nitrogens is 2. The normalized spacial score (nSPS) is 15.5. The van der Waals surface area contributed by atoms with E-state index in [-0.39, 0.29) is 11.5 Å². The van der Waals surface area contributed by atoms with E-state index in [1.165, 1.54) is 17.6 Å². The highest BCUT2D eigenvalue weighted by Gasteiger charge is 2.32. The number of carbonyl (C=O) groups is 1. The van der Waals surface area contributed by atoms with Crippen LogP contribution < -0.4 is 0 Å². The van der Waals surface area contributed by atoms with Crippen LogP contribution in [0.15, 0.2) is 28.9 Å². The van der Waals surface area contributed by atoms with E-state index in [4.69, 9.17) is 16.0 Å². The molecular weight excluding hydrogens is 334 g/mol. The van der Waals surface area contributed by atoms with Gasteiger partial charge in [-0.3, -0.25) is 4.79 Å². The molecule has 7 heteroatoms. The van der Waals surface area contributed by atoms with Crippen LogP contribution in [0.25, 0.3) is 10.2 Å². The highest BCUT2D eigenvalue weighted by molar-refractivity contribution is 7.18. The fraction of sp³-hybridized carbons (Fsp3) is 0.250. The first-order valence-electron chi connectivity index (χ1n) is 7.11. The summed E-state index contributed by atoms with van der Waals surface area (Å²) in [7, 11) is 0. The summed E-state index contributed by atoms with van der Waals surface area (Å²) < 4.78 is 6.22. The van der Waals surface area contributed by atoms with Crippen LogP contribution in [0.4, 0.5) is 0 Å². The molecule has 0 amide bonds. The van der Waals surface area contributed by atoms with Gasteiger partial charge >= 0.3 is 0 Å². The number of Topliss-reactive ketones (excluding diaryl/α,β-unsaturated/α-hetero) is 1. The Labute approximate surface area is 140 Å². The molecule has 2 heterocycles. The van der Waals surface area contributed by atoms with Crippen molar-refractivity contribution in [1.29, 1.82) is 5.26 Å². The van der Waals surface area contributed by atoms with E-state index in [9.17, 15) is 10.1 Å². The average molecular weight is 344 g/mol. The van der Waals surface area contributed by atoms with E-state index >= 15 is 0 Å². The molecule has 1 aliphatic carbocycles. The lowest BCUT2D eigenvalue weighted by molar-refractivity contribution is 0.0974. The van der Waals surface area contributed by atoms with E-state index in [0.29, 0.717) is 27.4 Å². The number of nitrogens with zero attached hydrogens (tertiary/aromatic N) is 3. The van der Waals surface area contributed by atoms with Crippen molar-refractivity contribution < 1.29 is 9.21 Å². The van der Waals surface area contributed by atoms with Crippen LogP contribution in [0.5, 0.6) is 0 Å². The first-order chi connectivity index (χ1) is 11.2. The molecule has 4 rings (SSSR count). The minimum atomic E-state index is -0.983. The molecule has 0 spiro atoms. The number of hydrogen-bond acceptors (Lipinski definition) is 6. The molecule has 0 unspecified atom stereocenters. The summed E-state index contributed by atoms with van der Waals surface area (Å²) in [5, 5.41) is 10.4. The third-order valence-corrected chi connectivity index (χ3v) is 5.04. The fourth-order valence-corrected chi connectivity index (χ4v) is 3.49. The van der Waals surface area contributed by atoms with Crippen LogP contribution in [-0.4, -0.2) is 15.8 Å². The molecular formula is C16H10ClN3O2S. The van der Waals surface area contributed by atoms with Crippen LogP contribution in [0.2, 0.25) is 5.02 Å². The highest BCUT2D eigenvalue weighted by atomic mass is 35.5. The molecule has 1 atom stereocenters. The van der Waals surface area contributed by atoms with Crippen molar-refractivity contribution in [2.75, 3.05) is 0 Å². The zero-order valence-electron chi connectivity index (χ0n) is 11.8. The Hall–Kier alpha value is -2.23. The van der Waals surface area contributed by atoms with Gasteiger partial charge in [-0.05, 0) is 31.0 Å². The van der Waals surface area contributed by atoms with Gasteiger partial charge in [0.15, 0.2) is 11.8 Å². The lowest BCUT2D eigenvalue weighted by Crippen LogP contribution is -2.11. The summed E-state index contributed by atoms with van der Waals surface area (Å²) in [4.78, 5) is 21.2. The maximum absolute atomic E-state index is 12.6. The Morgan fingerprint density at radius 3 is 3.00 bits per heavy atom. The Bertz CT molecular complexity index is 952. The molecule has 1 aliphatic rings. The molecule has 0 aliphatic heterocycles. The SMILES string of the molecule is N#C[C@@H](C(=O)c1coc(C2CC2)n1)c1nc2cc(Cl)ccc2s1. The van der Waals surface area contributed by atoms with Gasteiger partial charge in [0.1, 0.15) is 17.0 Å². The second kappa shape index (κ2) is 5.44. The molecule has 114 valence electrons. The standard InChI is InChI=1S/C16H10ClN3O2S/c17-9-3-4-13-11(5-9)20-16(23-13)10(6-18)14(21)12-7-22-15(19-12)8-1-2-8/h3-5,7-8,10H,1-2H2/t10-/m0/s1. The molecule has 3 aromatic rings. The lowest BCUT2D eigenvalue weighted by atomic mass is 10.1. The smallest absolute Gasteiger partial charge is 0.208 e. The molecule has 0 N–H and O–H groups in total. The Morgan fingerprint density at radius 2 is 2.26 bits per heavy atom. The van der Waals surface area contributed by atoms with Gasteiger partial charge in [-0.1, -0.05) is 11.6 Å². The second-order valence-corrected chi connectivity index (χ2v) is 6.93. The molecule has 5 nitrogen and oxygen atoms in total. The molecule has 1 fully saturated rings. The number of rotatable bonds is 4. The number of hydrogen-bond donors (Lipinski definition) is 0. The summed E-state index contributed by atoms with van der Waals surface area (Å²) in [5.74, 6) is -0.459. The van der Waals surface area contributed by atoms with E-state index in [1.807, 2.05) is 12.1 Å². The number of fused-ring (bicyclic) bond motifs is 1. The maximum atomic E-state index is 12.6. The van der Waals surface area contributed by atoms with Crippen molar-refractivity contribution in [3.8, 4) is 6.07 Å². The van der Waals surface area contributed by atoms with Gasteiger partial charge in [0.25, 0.3) is 0 Å². The molecule has 0 radical (unpaired) electrons. The molecule has 2 aromatic heterocycles. The van der Waals surface area contributed by atoms with Crippen molar-refractivity contribution in [3.05, 3.63) is 46.1 Å². The van der Waals surface area contributed by atoms with E-state index in [0.717, 1.165) is 17.5 Å². The van der Waals surface area contributed by atoms with Gasteiger partial charge in [0.05, 0.1) is 16.3 Å². The van der Waals surface area contributed by atoms with E-state index < -0.39 is 5.92 Å². The number of benzene rings is 1. The Balaban J connectivity index is 1.68.